The largest absolute Gasteiger partial charge is 0.237 e. The number of nitrogens with zero attached hydrogens (tertiary/aromatic N) is 3. The van der Waals surface area contributed by atoms with Crippen molar-refractivity contribution in [1.29, 1.82) is 0 Å². The number of hydrogen-bond acceptors (Lipinski definition) is 3. The lowest BCUT2D eigenvalue weighted by molar-refractivity contribution is 0.844. The van der Waals surface area contributed by atoms with Crippen LogP contribution < -0.4 is 0 Å². The molecule has 0 bridgehead atoms. The van der Waals surface area contributed by atoms with Gasteiger partial charge in [0.1, 0.15) is 5.03 Å². The Morgan fingerprint density at radius 1 is 1.54 bits per heavy atom. The molecule has 0 N–H and O–H groups in total. The van der Waals surface area contributed by atoms with Crippen molar-refractivity contribution in [2.45, 2.75) is 18.4 Å². The number of fused-ring (bicyclic) bond motifs is 1. The summed E-state index contributed by atoms with van der Waals surface area (Å²) in [5.74, 6) is 0. The van der Waals surface area contributed by atoms with Gasteiger partial charge in [0.2, 0.25) is 0 Å². The summed E-state index contributed by atoms with van der Waals surface area (Å²) in [6.45, 7) is 2.12. The Labute approximate surface area is 81.2 Å². The predicted molar refractivity (Wildman–Crippen MR) is 54.1 cm³/mol. The van der Waals surface area contributed by atoms with Gasteiger partial charge in [-0.25, -0.2) is 9.50 Å². The van der Waals surface area contributed by atoms with Crippen molar-refractivity contribution in [3.05, 3.63) is 24.0 Å². The van der Waals surface area contributed by atoms with Crippen molar-refractivity contribution in [2.24, 2.45) is 0 Å². The third-order valence-corrected chi connectivity index (χ3v) is 2.76. The normalized spacial score (nSPS) is 10.9. The van der Waals surface area contributed by atoms with E-state index in [9.17, 15) is 0 Å². The Balaban J connectivity index is 2.72. The van der Waals surface area contributed by atoms with Gasteiger partial charge in [-0.2, -0.15) is 5.10 Å². The highest BCUT2D eigenvalue weighted by Crippen LogP contribution is 2.17. The van der Waals surface area contributed by atoms with E-state index >= 15 is 0 Å². The standard InChI is InChI=1S/C9H11N3S/c1-3-7-6-11-12-8(13-2)4-5-10-9(7)12/h4-6H,3H2,1-2H3. The summed E-state index contributed by atoms with van der Waals surface area (Å²) in [5, 5.41) is 5.42. The molecular weight excluding hydrogens is 182 g/mol. The van der Waals surface area contributed by atoms with E-state index in [1.807, 2.05) is 29.2 Å². The lowest BCUT2D eigenvalue weighted by Crippen LogP contribution is -1.93. The molecule has 2 aromatic heterocycles. The van der Waals surface area contributed by atoms with Crippen LogP contribution in [0, 0.1) is 0 Å². The van der Waals surface area contributed by atoms with Crippen molar-refractivity contribution >= 4 is 17.4 Å². The molecule has 2 rings (SSSR count). The molecule has 0 saturated carbocycles. The molecule has 0 unspecified atom stereocenters. The second-order valence-corrected chi connectivity index (χ2v) is 3.57. The molecule has 3 nitrogen and oxygen atoms in total. The average Bonchev–Trinajstić information content (AvgIpc) is 2.60. The van der Waals surface area contributed by atoms with E-state index in [2.05, 4.69) is 17.0 Å². The quantitative estimate of drug-likeness (QED) is 0.540. The number of thioether (sulfide) groups is 1. The highest BCUT2D eigenvalue weighted by Gasteiger charge is 2.05. The second kappa shape index (κ2) is 3.38. The first-order valence-electron chi connectivity index (χ1n) is 4.22. The molecule has 2 aromatic rings. The van der Waals surface area contributed by atoms with Gasteiger partial charge in [-0.05, 0) is 18.7 Å². The number of aryl methyl sites for hydroxylation is 1. The molecule has 2 heterocycles. The van der Waals surface area contributed by atoms with Gasteiger partial charge in [0, 0.05) is 11.8 Å². The first-order valence-corrected chi connectivity index (χ1v) is 5.45. The maximum absolute atomic E-state index is 4.31. The van der Waals surface area contributed by atoms with Crippen LogP contribution in [0.3, 0.4) is 0 Å². The van der Waals surface area contributed by atoms with Crippen molar-refractivity contribution in [2.75, 3.05) is 6.26 Å². The lowest BCUT2D eigenvalue weighted by atomic mass is 10.3. The van der Waals surface area contributed by atoms with Crippen molar-refractivity contribution < 1.29 is 0 Å². The minimum absolute atomic E-state index is 0.980. The zero-order chi connectivity index (χ0) is 9.26. The molecule has 0 aromatic carbocycles. The van der Waals surface area contributed by atoms with E-state index in [-0.39, 0.29) is 0 Å². The Hall–Kier alpha value is -1.03. The van der Waals surface area contributed by atoms with Gasteiger partial charge in [-0.1, -0.05) is 6.92 Å². The summed E-state index contributed by atoms with van der Waals surface area (Å²) in [4.78, 5) is 4.31. The minimum Gasteiger partial charge on any atom is -0.237 e. The first-order chi connectivity index (χ1) is 6.36. The molecule has 0 aliphatic heterocycles. The van der Waals surface area contributed by atoms with Gasteiger partial charge in [0.15, 0.2) is 5.65 Å². The van der Waals surface area contributed by atoms with Crippen LogP contribution in [0.2, 0.25) is 0 Å². The van der Waals surface area contributed by atoms with Crippen LogP contribution in [0.1, 0.15) is 12.5 Å². The smallest absolute Gasteiger partial charge is 0.159 e. The molecule has 0 aliphatic carbocycles. The van der Waals surface area contributed by atoms with Crippen LogP contribution in [0.25, 0.3) is 5.65 Å². The van der Waals surface area contributed by atoms with E-state index in [0.29, 0.717) is 0 Å². The zero-order valence-electron chi connectivity index (χ0n) is 7.69. The van der Waals surface area contributed by atoms with Gasteiger partial charge in [-0.15, -0.1) is 11.8 Å². The van der Waals surface area contributed by atoms with Crippen LogP contribution in [-0.2, 0) is 6.42 Å². The molecule has 13 heavy (non-hydrogen) atoms. The van der Waals surface area contributed by atoms with Gasteiger partial charge >= 0.3 is 0 Å². The summed E-state index contributed by atoms with van der Waals surface area (Å²) >= 11 is 1.68. The summed E-state index contributed by atoms with van der Waals surface area (Å²) in [5.41, 5.74) is 2.19. The van der Waals surface area contributed by atoms with E-state index in [1.54, 1.807) is 11.8 Å². The Morgan fingerprint density at radius 2 is 2.38 bits per heavy atom. The Bertz CT molecular complexity index is 422. The molecule has 0 spiro atoms. The summed E-state index contributed by atoms with van der Waals surface area (Å²) in [6.07, 6.45) is 6.75. The number of hydrogen-bond donors (Lipinski definition) is 0. The Morgan fingerprint density at radius 3 is 3.08 bits per heavy atom. The van der Waals surface area contributed by atoms with E-state index in [1.165, 1.54) is 5.56 Å². The summed E-state index contributed by atoms with van der Waals surface area (Å²) in [6, 6.07) is 1.98. The molecule has 0 amide bonds. The van der Waals surface area contributed by atoms with Gasteiger partial charge in [0.05, 0.1) is 6.20 Å². The fraction of sp³-hybridized carbons (Fsp3) is 0.333. The van der Waals surface area contributed by atoms with Crippen molar-refractivity contribution in [3.63, 3.8) is 0 Å². The summed E-state index contributed by atoms with van der Waals surface area (Å²) in [7, 11) is 0. The molecule has 0 aliphatic rings. The van der Waals surface area contributed by atoms with Gasteiger partial charge in [0.25, 0.3) is 0 Å². The molecule has 0 radical (unpaired) electrons. The summed E-state index contributed by atoms with van der Waals surface area (Å²) < 4.78 is 1.89. The second-order valence-electron chi connectivity index (χ2n) is 2.75. The Kier molecular flexibility index (Phi) is 2.22. The van der Waals surface area contributed by atoms with Crippen molar-refractivity contribution in [3.8, 4) is 0 Å². The first kappa shape index (κ1) is 8.56. The molecular formula is C9H11N3S. The van der Waals surface area contributed by atoms with Gasteiger partial charge < -0.3 is 0 Å². The SMILES string of the molecule is CCc1cnn2c(SC)ccnc12. The van der Waals surface area contributed by atoms with Crippen LogP contribution >= 0.6 is 11.8 Å². The topological polar surface area (TPSA) is 30.2 Å². The highest BCUT2D eigenvalue weighted by atomic mass is 32.2. The third kappa shape index (κ3) is 1.31. The molecule has 0 atom stereocenters. The average molecular weight is 193 g/mol. The molecule has 4 heteroatoms. The fourth-order valence-electron chi connectivity index (χ4n) is 1.32. The molecule has 0 saturated heterocycles. The zero-order valence-corrected chi connectivity index (χ0v) is 8.51. The molecule has 68 valence electrons. The number of rotatable bonds is 2. The van der Waals surface area contributed by atoms with Crippen LogP contribution in [0.4, 0.5) is 0 Å². The lowest BCUT2D eigenvalue weighted by Gasteiger charge is -1.99. The van der Waals surface area contributed by atoms with Gasteiger partial charge in [-0.3, -0.25) is 0 Å². The predicted octanol–water partition coefficient (Wildman–Crippen LogP) is 2.01. The van der Waals surface area contributed by atoms with Crippen LogP contribution in [0.5, 0.6) is 0 Å². The minimum atomic E-state index is 0.980. The number of aromatic nitrogens is 3. The molecule has 0 fully saturated rings. The maximum atomic E-state index is 4.31. The fourth-order valence-corrected chi connectivity index (χ4v) is 1.82. The van der Waals surface area contributed by atoms with Crippen molar-refractivity contribution in [1.82, 2.24) is 14.6 Å². The van der Waals surface area contributed by atoms with E-state index < -0.39 is 0 Å². The third-order valence-electron chi connectivity index (χ3n) is 2.03. The van der Waals surface area contributed by atoms with E-state index in [0.717, 1.165) is 17.1 Å². The highest BCUT2D eigenvalue weighted by molar-refractivity contribution is 7.98. The van der Waals surface area contributed by atoms with Crippen LogP contribution in [0.15, 0.2) is 23.5 Å². The van der Waals surface area contributed by atoms with E-state index in [4.69, 9.17) is 0 Å². The monoisotopic (exact) mass is 193 g/mol. The maximum Gasteiger partial charge on any atom is 0.159 e. The van der Waals surface area contributed by atoms with Crippen LogP contribution in [-0.4, -0.2) is 20.9 Å².